The van der Waals surface area contributed by atoms with Crippen LogP contribution in [0.5, 0.6) is 17.5 Å². The molecule has 0 saturated heterocycles. The standard InChI is InChI=1S/3C13H19NO2.3C13H19NO.C11H18N2O.3C10H15NO2/c1-10(2)8-12(15)5-4-11-9-14-7-6-13(11)16-3;1-10(2)9-12(15)7-6-11-5-4-8-14-13(11)16-3;1-10(2)9-12(15)8-7-11-5-4-6-13(14-11)16-3;1-10(2)8-13(15)5-4-12-9-14-7-6-11(12)3;1-10(2)9-13(15)7-6-12-5-4-8-14-11(12)3;1-10(2)9-13(15)8-7-12-6-4-5-11(3)14-12;1-9(2)6-11(14)5-4-10-7-13(3)8-12-10;1-8(2)5-10(12)4-3-9-6-13-7-11-9;1-8(2)5-9(12)3-4-10-6-11-7-13-10;1-8(2)7-9(12)3-4-10-11-5-6-13-10/h6-7,9-10H,4-5,8H2,1-3H3;4-5,8,10H,6-7,9H2,1-3H3;4-6,10H,7-9H2,1-3H3;6-7,9-10H,4-5,8H2,1-3H3;4-5,8,10H,6-7,9H2,1-3H3;4-6,10H,7-9H2,1-3H3;7-9H,4-6H2,1-3H3;2*6-8H,3-5H2,1-2H3;5-6,8H,3-4,7H2,1-2H3. The summed E-state index contributed by atoms with van der Waals surface area (Å²) >= 11 is 0. The summed E-state index contributed by atoms with van der Waals surface area (Å²) in [7, 11) is 6.76. The lowest BCUT2D eigenvalue weighted by atomic mass is 10.0. The lowest BCUT2D eigenvalue weighted by Gasteiger charge is -2.07. The van der Waals surface area contributed by atoms with Gasteiger partial charge < -0.3 is 32.0 Å². The molecule has 0 amide bonds. The van der Waals surface area contributed by atoms with Crippen LogP contribution in [0, 0.1) is 80.0 Å². The fourth-order valence-corrected chi connectivity index (χ4v) is 14.5. The van der Waals surface area contributed by atoms with Gasteiger partial charge in [0, 0.05) is 232 Å². The average molecular weight is 2020 g/mol. The van der Waals surface area contributed by atoms with E-state index in [1.807, 2.05) is 146 Å². The van der Waals surface area contributed by atoms with Gasteiger partial charge in [-0.15, -0.1) is 0 Å². The van der Waals surface area contributed by atoms with Crippen LogP contribution in [-0.2, 0) is 119 Å². The van der Waals surface area contributed by atoms with E-state index in [2.05, 4.69) is 154 Å². The van der Waals surface area contributed by atoms with Gasteiger partial charge in [0.2, 0.25) is 11.8 Å². The van der Waals surface area contributed by atoms with Crippen LogP contribution < -0.4 is 14.2 Å². The summed E-state index contributed by atoms with van der Waals surface area (Å²) in [5, 5.41) is 0. The van der Waals surface area contributed by atoms with E-state index in [-0.39, 0.29) is 5.78 Å². The van der Waals surface area contributed by atoms with Crippen molar-refractivity contribution in [1.82, 2.24) is 54.4 Å². The van der Waals surface area contributed by atoms with Crippen LogP contribution in [0.2, 0.25) is 0 Å². The van der Waals surface area contributed by atoms with Crippen molar-refractivity contribution in [1.29, 1.82) is 0 Å². The number of oxazole rings is 3. The molecule has 27 nitrogen and oxygen atoms in total. The largest absolute Gasteiger partial charge is 0.496 e. The topological polar surface area (TPSA) is 372 Å². The molecular weight excluding hydrogens is 1840 g/mol. The first-order chi connectivity index (χ1) is 69.3. The Balaban J connectivity index is 0.000000812. The van der Waals surface area contributed by atoms with Gasteiger partial charge in [-0.2, -0.15) is 0 Å². The molecule has 10 aromatic heterocycles. The van der Waals surface area contributed by atoms with E-state index >= 15 is 0 Å². The molecule has 146 heavy (non-hydrogen) atoms. The van der Waals surface area contributed by atoms with Crippen molar-refractivity contribution in [2.45, 2.75) is 352 Å². The monoisotopic (exact) mass is 2020 g/mol. The highest BCUT2D eigenvalue weighted by molar-refractivity contribution is 5.82. The van der Waals surface area contributed by atoms with E-state index in [0.717, 1.165) is 82.5 Å². The smallest absolute Gasteiger partial charge is 0.216 e. The van der Waals surface area contributed by atoms with Crippen LogP contribution in [0.15, 0.2) is 173 Å². The number of imidazole rings is 1. The molecule has 0 radical (unpaired) electrons. The molecule has 0 bridgehead atoms. The van der Waals surface area contributed by atoms with Gasteiger partial charge in [-0.25, -0.2) is 29.9 Å². The molecule has 0 atom stereocenters. The molecule has 0 saturated carbocycles. The molecule has 0 N–H and O–H groups in total. The number of hydrogen-bond acceptors (Lipinski definition) is 26. The molecule has 27 heteroatoms. The number of ketones is 10. The summed E-state index contributed by atoms with van der Waals surface area (Å²) in [5.74, 6) is 11.2. The minimum Gasteiger partial charge on any atom is -0.496 e. The molecule has 0 aliphatic rings. The summed E-state index contributed by atoms with van der Waals surface area (Å²) in [5.41, 5.74) is 11.5. The van der Waals surface area contributed by atoms with Gasteiger partial charge in [-0.3, -0.25) is 67.9 Å². The summed E-state index contributed by atoms with van der Waals surface area (Å²) in [4.78, 5) is 155. The Morgan fingerprint density at radius 2 is 0.719 bits per heavy atom. The molecule has 0 aromatic carbocycles. The first kappa shape index (κ1) is 132. The van der Waals surface area contributed by atoms with Crippen molar-refractivity contribution in [3.8, 4) is 17.5 Å². The molecule has 0 unspecified atom stereocenters. The molecule has 0 aliphatic heterocycles. The molecule has 804 valence electrons. The minimum absolute atomic E-state index is 0.285. The number of carbonyl (C=O) groups is 10. The van der Waals surface area contributed by atoms with Gasteiger partial charge in [0.15, 0.2) is 18.7 Å². The highest BCUT2D eigenvalue weighted by Gasteiger charge is 2.17. The minimum atomic E-state index is 0.285. The fourth-order valence-electron chi connectivity index (χ4n) is 14.5. The Morgan fingerprint density at radius 1 is 0.322 bits per heavy atom. The SMILES string of the molecule is CC(C)CC(=O)CCc1cn(C)cn1.CC(C)CC(=O)CCc1cnco1.CC(C)CC(=O)CCc1cocn1.CC(C)CC(=O)CCc1ncco1.COc1cccc(CCC(=O)CC(C)C)n1.COc1ccncc1CCC(=O)CC(C)C.COc1ncccc1CCC(=O)CC(C)C.Cc1cccc(CCC(=O)CC(C)C)n1.Cc1ccncc1CCC(=O)CC(C)C.Cc1ncccc1CCC(=O)CC(C)C. The third-order valence-corrected chi connectivity index (χ3v) is 21.5. The zero-order valence-electron chi connectivity index (χ0n) is 93.4. The zero-order valence-corrected chi connectivity index (χ0v) is 93.4. The van der Waals surface area contributed by atoms with Crippen LogP contribution in [-0.4, -0.2) is 134 Å². The van der Waals surface area contributed by atoms with Gasteiger partial charge in [0.05, 0.1) is 51.4 Å². The number of carbonyl (C=O) groups excluding carboxylic acids is 10. The normalized spacial score (nSPS) is 10.6. The predicted octanol–water partition coefficient (Wildman–Crippen LogP) is 25.4. The van der Waals surface area contributed by atoms with E-state index in [9.17, 15) is 47.9 Å². The Labute approximate surface area is 873 Å². The van der Waals surface area contributed by atoms with E-state index in [1.54, 1.807) is 83.4 Å². The quantitative estimate of drug-likeness (QED) is 0.0342. The summed E-state index contributed by atoms with van der Waals surface area (Å²) in [6.07, 6.45) is 43.4. The number of pyridine rings is 6. The van der Waals surface area contributed by atoms with E-state index in [0.29, 0.717) is 296 Å². The predicted molar refractivity (Wildman–Crippen MR) is 580 cm³/mol. The van der Waals surface area contributed by atoms with Gasteiger partial charge in [0.1, 0.15) is 81.9 Å². The molecule has 0 fully saturated rings. The second-order valence-electron chi connectivity index (χ2n) is 41.1. The fraction of sp³-hybridized carbons (Fsp3) is 0.563. The van der Waals surface area contributed by atoms with E-state index in [1.165, 1.54) is 35.7 Å². The number of Topliss-reactive ketones (excluding diaryl/α,β-unsaturated/α-hetero) is 10. The van der Waals surface area contributed by atoms with E-state index in [4.69, 9.17) is 27.5 Å². The number of aryl methyl sites for hydroxylation is 14. The van der Waals surface area contributed by atoms with Crippen LogP contribution in [0.1, 0.15) is 341 Å². The van der Waals surface area contributed by atoms with E-state index < -0.39 is 0 Å². The maximum absolute atomic E-state index is 11.6. The molecule has 10 heterocycles. The highest BCUT2D eigenvalue weighted by Crippen LogP contribution is 2.22. The number of aromatic nitrogens is 11. The second kappa shape index (κ2) is 79.1. The van der Waals surface area contributed by atoms with Crippen LogP contribution >= 0.6 is 0 Å². The van der Waals surface area contributed by atoms with Crippen molar-refractivity contribution in [3.63, 3.8) is 0 Å². The van der Waals surface area contributed by atoms with Gasteiger partial charge in [-0.05, 0) is 190 Å². The molecular formula is C119H177N11O16. The van der Waals surface area contributed by atoms with Gasteiger partial charge in [-0.1, -0.05) is 163 Å². The number of rotatable bonds is 53. The van der Waals surface area contributed by atoms with Crippen molar-refractivity contribution < 1.29 is 75.4 Å². The average Bonchev–Trinajstić information content (AvgIpc) is 1.12. The third-order valence-electron chi connectivity index (χ3n) is 21.5. The summed E-state index contributed by atoms with van der Waals surface area (Å²) in [6, 6.07) is 23.2. The number of hydrogen-bond donors (Lipinski definition) is 0. The first-order valence-corrected chi connectivity index (χ1v) is 52.2. The van der Waals surface area contributed by atoms with Gasteiger partial charge in [0.25, 0.3) is 0 Å². The zero-order chi connectivity index (χ0) is 109. The number of ether oxygens (including phenoxy) is 3. The van der Waals surface area contributed by atoms with Crippen molar-refractivity contribution in [3.05, 3.63) is 234 Å². The van der Waals surface area contributed by atoms with Crippen LogP contribution in [0.4, 0.5) is 0 Å². The maximum atomic E-state index is 11.6. The Hall–Kier alpha value is -12.2. The van der Waals surface area contributed by atoms with Gasteiger partial charge >= 0.3 is 0 Å². The van der Waals surface area contributed by atoms with Crippen molar-refractivity contribution in [2.75, 3.05) is 21.3 Å². The second-order valence-corrected chi connectivity index (χ2v) is 41.1. The third kappa shape index (κ3) is 71.4. The lowest BCUT2D eigenvalue weighted by molar-refractivity contribution is -0.120. The van der Waals surface area contributed by atoms with Crippen LogP contribution in [0.25, 0.3) is 0 Å². The maximum Gasteiger partial charge on any atom is 0.216 e. The van der Waals surface area contributed by atoms with Crippen molar-refractivity contribution >= 4 is 57.8 Å². The Kier molecular flexibility index (Phi) is 71.4. The molecule has 0 spiro atoms. The molecule has 10 rings (SSSR count). The lowest BCUT2D eigenvalue weighted by Crippen LogP contribution is -2.05. The summed E-state index contributed by atoms with van der Waals surface area (Å²) < 4.78 is 32.1. The Bertz CT molecular complexity index is 4950. The molecule has 0 aliphatic carbocycles. The summed E-state index contributed by atoms with van der Waals surface area (Å²) in [6.45, 7) is 47.2. The number of methoxy groups -OCH3 is 3. The highest BCUT2D eigenvalue weighted by atomic mass is 16.5. The number of nitrogens with zero attached hydrogens (tertiary/aromatic N) is 11. The Morgan fingerprint density at radius 3 is 1.11 bits per heavy atom. The first-order valence-electron chi connectivity index (χ1n) is 52.2. The molecule has 10 aromatic rings. The van der Waals surface area contributed by atoms with Crippen molar-refractivity contribution in [2.24, 2.45) is 66.2 Å². The van der Waals surface area contributed by atoms with Crippen LogP contribution in [0.3, 0.4) is 0 Å².